The second kappa shape index (κ2) is 8.61. The van der Waals surface area contributed by atoms with Gasteiger partial charge in [0.05, 0.1) is 5.02 Å². The predicted octanol–water partition coefficient (Wildman–Crippen LogP) is 6.95. The lowest BCUT2D eigenvalue weighted by Gasteiger charge is -2.13. The van der Waals surface area contributed by atoms with E-state index in [1.807, 2.05) is 66.7 Å². The number of hydrogen-bond donors (Lipinski definition) is 1. The molecule has 2 nitrogen and oxygen atoms in total. The average molecular weight is 437 g/mol. The fourth-order valence-electron chi connectivity index (χ4n) is 2.38. The number of anilines is 1. The molecule has 0 radical (unpaired) electrons. The van der Waals surface area contributed by atoms with E-state index >= 15 is 0 Å². The Bertz CT molecular complexity index is 870. The van der Waals surface area contributed by atoms with Crippen molar-refractivity contribution in [2.24, 2.45) is 0 Å². The number of hydrogen-bond acceptors (Lipinski definition) is 2. The molecular formula is C20H16BrCl2NO. The molecule has 25 heavy (non-hydrogen) atoms. The maximum Gasteiger partial charge on any atom is 0.124 e. The number of para-hydroxylation sites is 1. The lowest BCUT2D eigenvalue weighted by Crippen LogP contribution is -2.03. The highest BCUT2D eigenvalue weighted by atomic mass is 79.9. The van der Waals surface area contributed by atoms with Gasteiger partial charge in [0.15, 0.2) is 0 Å². The first-order valence-electron chi connectivity index (χ1n) is 7.76. The molecule has 0 bridgehead atoms. The summed E-state index contributed by atoms with van der Waals surface area (Å²) < 4.78 is 6.86. The molecule has 0 spiro atoms. The minimum Gasteiger partial charge on any atom is -0.489 e. The molecule has 0 aliphatic carbocycles. The summed E-state index contributed by atoms with van der Waals surface area (Å²) in [6.07, 6.45) is 0. The molecule has 0 unspecified atom stereocenters. The molecule has 0 heterocycles. The second-order valence-corrected chi connectivity index (χ2v) is 7.21. The van der Waals surface area contributed by atoms with Gasteiger partial charge in [-0.3, -0.25) is 0 Å². The standard InChI is InChI=1S/C20H16BrCl2NO/c21-18-9-8-17(11-19(18)23)24-12-15-5-1-2-7-20(15)25-13-14-4-3-6-16(22)10-14/h1-11,24H,12-13H2. The van der Waals surface area contributed by atoms with Crippen molar-refractivity contribution in [1.29, 1.82) is 0 Å². The smallest absolute Gasteiger partial charge is 0.124 e. The van der Waals surface area contributed by atoms with E-state index in [1.165, 1.54) is 0 Å². The molecule has 3 rings (SSSR count). The van der Waals surface area contributed by atoms with Gasteiger partial charge in [0.1, 0.15) is 12.4 Å². The highest BCUT2D eigenvalue weighted by Gasteiger charge is 2.05. The van der Waals surface area contributed by atoms with Crippen LogP contribution in [-0.4, -0.2) is 0 Å². The highest BCUT2D eigenvalue weighted by Crippen LogP contribution is 2.27. The van der Waals surface area contributed by atoms with Gasteiger partial charge in [0, 0.05) is 27.3 Å². The Labute approximate surface area is 165 Å². The molecule has 0 aromatic heterocycles. The third-order valence-electron chi connectivity index (χ3n) is 3.66. The van der Waals surface area contributed by atoms with Gasteiger partial charge in [-0.1, -0.05) is 53.5 Å². The lowest BCUT2D eigenvalue weighted by molar-refractivity contribution is 0.303. The maximum absolute atomic E-state index is 6.13. The number of benzene rings is 3. The zero-order chi connectivity index (χ0) is 17.6. The lowest BCUT2D eigenvalue weighted by atomic mass is 10.2. The van der Waals surface area contributed by atoms with Crippen LogP contribution >= 0.6 is 39.1 Å². The molecule has 5 heteroatoms. The first kappa shape index (κ1) is 18.1. The van der Waals surface area contributed by atoms with Crippen LogP contribution in [0.4, 0.5) is 5.69 Å². The second-order valence-electron chi connectivity index (χ2n) is 5.51. The SMILES string of the molecule is Clc1cccc(COc2ccccc2CNc2ccc(Br)c(Cl)c2)c1. The third kappa shape index (κ3) is 5.15. The van der Waals surface area contributed by atoms with Crippen molar-refractivity contribution >= 4 is 44.8 Å². The van der Waals surface area contributed by atoms with Crippen LogP contribution < -0.4 is 10.1 Å². The molecule has 0 saturated carbocycles. The van der Waals surface area contributed by atoms with Gasteiger partial charge in [0.2, 0.25) is 0 Å². The summed E-state index contributed by atoms with van der Waals surface area (Å²) in [5.74, 6) is 0.846. The monoisotopic (exact) mass is 435 g/mol. The molecule has 0 saturated heterocycles. The van der Waals surface area contributed by atoms with Crippen LogP contribution in [0.15, 0.2) is 71.2 Å². The van der Waals surface area contributed by atoms with Crippen LogP contribution in [0.2, 0.25) is 10.0 Å². The van der Waals surface area contributed by atoms with E-state index in [2.05, 4.69) is 21.2 Å². The molecule has 3 aromatic rings. The maximum atomic E-state index is 6.13. The van der Waals surface area contributed by atoms with E-state index in [4.69, 9.17) is 27.9 Å². The van der Waals surface area contributed by atoms with Gasteiger partial charge in [-0.25, -0.2) is 0 Å². The molecule has 0 amide bonds. The van der Waals surface area contributed by atoms with Crippen LogP contribution in [0.5, 0.6) is 5.75 Å². The van der Waals surface area contributed by atoms with E-state index < -0.39 is 0 Å². The van der Waals surface area contributed by atoms with Crippen molar-refractivity contribution in [3.8, 4) is 5.75 Å². The Kier molecular flexibility index (Phi) is 6.24. The summed E-state index contributed by atoms with van der Waals surface area (Å²) >= 11 is 15.6. The fourth-order valence-corrected chi connectivity index (χ4v) is 3.02. The molecule has 0 aliphatic heterocycles. The van der Waals surface area contributed by atoms with Crippen molar-refractivity contribution in [3.63, 3.8) is 0 Å². The van der Waals surface area contributed by atoms with E-state index in [9.17, 15) is 0 Å². The van der Waals surface area contributed by atoms with Crippen molar-refractivity contribution in [1.82, 2.24) is 0 Å². The molecular weight excluding hydrogens is 421 g/mol. The number of rotatable bonds is 6. The minimum absolute atomic E-state index is 0.474. The van der Waals surface area contributed by atoms with Crippen LogP contribution in [0, 0.1) is 0 Å². The van der Waals surface area contributed by atoms with Crippen molar-refractivity contribution < 1.29 is 4.74 Å². The van der Waals surface area contributed by atoms with Crippen LogP contribution in [0.3, 0.4) is 0 Å². The van der Waals surface area contributed by atoms with Crippen LogP contribution in [0.25, 0.3) is 0 Å². The first-order chi connectivity index (χ1) is 12.1. The summed E-state index contributed by atoms with van der Waals surface area (Å²) in [4.78, 5) is 0. The van der Waals surface area contributed by atoms with E-state index in [1.54, 1.807) is 0 Å². The van der Waals surface area contributed by atoms with Crippen molar-refractivity contribution in [2.45, 2.75) is 13.2 Å². The predicted molar refractivity (Wildman–Crippen MR) is 109 cm³/mol. The fraction of sp³-hybridized carbons (Fsp3) is 0.100. The van der Waals surface area contributed by atoms with Crippen molar-refractivity contribution in [2.75, 3.05) is 5.32 Å². The highest BCUT2D eigenvalue weighted by molar-refractivity contribution is 9.10. The summed E-state index contributed by atoms with van der Waals surface area (Å²) in [6.45, 7) is 1.12. The Balaban J connectivity index is 1.67. The molecule has 0 aliphatic rings. The summed E-state index contributed by atoms with van der Waals surface area (Å²) in [5, 5.41) is 4.76. The first-order valence-corrected chi connectivity index (χ1v) is 9.31. The van der Waals surface area contributed by atoms with Gasteiger partial charge >= 0.3 is 0 Å². The van der Waals surface area contributed by atoms with Gasteiger partial charge in [-0.15, -0.1) is 0 Å². The average Bonchev–Trinajstić information content (AvgIpc) is 2.62. The Hall–Kier alpha value is -1.68. The molecule has 1 N–H and O–H groups in total. The molecule has 0 atom stereocenters. The van der Waals surface area contributed by atoms with E-state index in [0.717, 1.165) is 27.0 Å². The van der Waals surface area contributed by atoms with Crippen molar-refractivity contribution in [3.05, 3.63) is 92.4 Å². The number of nitrogens with one attached hydrogen (secondary N) is 1. The summed E-state index contributed by atoms with van der Waals surface area (Å²) in [5.41, 5.74) is 3.07. The summed E-state index contributed by atoms with van der Waals surface area (Å²) in [7, 11) is 0. The Morgan fingerprint density at radius 3 is 2.56 bits per heavy atom. The minimum atomic E-state index is 0.474. The quantitative estimate of drug-likeness (QED) is 0.451. The Morgan fingerprint density at radius 2 is 1.76 bits per heavy atom. The van der Waals surface area contributed by atoms with E-state index in [0.29, 0.717) is 23.2 Å². The summed E-state index contributed by atoms with van der Waals surface area (Å²) in [6, 6.07) is 21.4. The van der Waals surface area contributed by atoms with Crippen LogP contribution in [-0.2, 0) is 13.2 Å². The van der Waals surface area contributed by atoms with Crippen LogP contribution in [0.1, 0.15) is 11.1 Å². The number of halogens is 3. The zero-order valence-corrected chi connectivity index (χ0v) is 16.4. The number of ether oxygens (including phenoxy) is 1. The normalized spacial score (nSPS) is 10.5. The molecule has 0 fully saturated rings. The zero-order valence-electron chi connectivity index (χ0n) is 13.3. The Morgan fingerprint density at radius 1 is 0.920 bits per heavy atom. The topological polar surface area (TPSA) is 21.3 Å². The largest absolute Gasteiger partial charge is 0.489 e. The molecule has 3 aromatic carbocycles. The van der Waals surface area contributed by atoms with Gasteiger partial charge in [0.25, 0.3) is 0 Å². The van der Waals surface area contributed by atoms with E-state index in [-0.39, 0.29) is 0 Å². The van der Waals surface area contributed by atoms with Gasteiger partial charge < -0.3 is 10.1 Å². The van der Waals surface area contributed by atoms with Gasteiger partial charge in [-0.2, -0.15) is 0 Å². The third-order valence-corrected chi connectivity index (χ3v) is 5.13. The van der Waals surface area contributed by atoms with Gasteiger partial charge in [-0.05, 0) is 57.9 Å². The molecule has 128 valence electrons.